The average molecular weight is 240 g/mol. The first kappa shape index (κ1) is 12.3. The van der Waals surface area contributed by atoms with Gasteiger partial charge in [-0.3, -0.25) is 0 Å². The lowest BCUT2D eigenvalue weighted by atomic mass is 9.91. The molecule has 17 heavy (non-hydrogen) atoms. The number of nitrogens with zero attached hydrogens (tertiary/aromatic N) is 3. The molecule has 1 saturated carbocycles. The molecule has 1 aliphatic carbocycles. The van der Waals surface area contributed by atoms with Crippen molar-refractivity contribution in [2.45, 2.75) is 38.1 Å². The van der Waals surface area contributed by atoms with Gasteiger partial charge in [0.1, 0.15) is 0 Å². The summed E-state index contributed by atoms with van der Waals surface area (Å²) in [7, 11) is 0. The van der Waals surface area contributed by atoms with E-state index in [4.69, 9.17) is 15.3 Å². The summed E-state index contributed by atoms with van der Waals surface area (Å²) >= 11 is 0. The Hall–Kier alpha value is -1.14. The lowest BCUT2D eigenvalue weighted by molar-refractivity contribution is 0.279. The number of aliphatic hydroxyl groups excluding tert-OH is 1. The Morgan fingerprint density at radius 2 is 2.24 bits per heavy atom. The molecule has 1 fully saturated rings. The maximum Gasteiger partial charge on any atom is 0.318 e. The molecule has 0 aromatic carbocycles. The lowest BCUT2D eigenvalue weighted by Crippen LogP contribution is -2.41. The zero-order chi connectivity index (χ0) is 12.1. The van der Waals surface area contributed by atoms with Crippen molar-refractivity contribution in [3.8, 4) is 0 Å². The Labute approximate surface area is 101 Å². The maximum absolute atomic E-state index is 8.91. The third-order valence-electron chi connectivity index (χ3n) is 3.13. The number of rotatable bonds is 7. The Balaban J connectivity index is 2.01. The second-order valence-electron chi connectivity index (χ2n) is 4.37. The molecular weight excluding hydrogens is 220 g/mol. The topological polar surface area (TPSA) is 88.4 Å². The van der Waals surface area contributed by atoms with Crippen LogP contribution in [-0.4, -0.2) is 41.0 Å². The first-order valence-electron chi connectivity index (χ1n) is 6.25. The molecule has 2 rings (SSSR count). The van der Waals surface area contributed by atoms with E-state index in [9.17, 15) is 0 Å². The van der Waals surface area contributed by atoms with Crippen LogP contribution in [0.15, 0.2) is 4.42 Å². The van der Waals surface area contributed by atoms with Gasteiger partial charge in [0, 0.05) is 32.2 Å². The number of anilines is 1. The van der Waals surface area contributed by atoms with Crippen molar-refractivity contribution in [1.29, 1.82) is 0 Å². The summed E-state index contributed by atoms with van der Waals surface area (Å²) in [6.07, 6.45) is 4.93. The second-order valence-corrected chi connectivity index (χ2v) is 4.37. The first-order chi connectivity index (χ1) is 8.35. The van der Waals surface area contributed by atoms with Crippen molar-refractivity contribution < 1.29 is 9.52 Å². The van der Waals surface area contributed by atoms with Crippen LogP contribution in [0.3, 0.4) is 0 Å². The summed E-state index contributed by atoms with van der Waals surface area (Å²) < 4.78 is 5.58. The molecule has 0 unspecified atom stereocenters. The van der Waals surface area contributed by atoms with Gasteiger partial charge in [0.25, 0.3) is 0 Å². The van der Waals surface area contributed by atoms with Crippen LogP contribution in [0.1, 0.15) is 31.6 Å². The molecule has 96 valence electrons. The van der Waals surface area contributed by atoms with Gasteiger partial charge in [-0.05, 0) is 25.7 Å². The molecule has 3 N–H and O–H groups in total. The normalized spacial score (nSPS) is 15.9. The molecule has 1 aromatic rings. The van der Waals surface area contributed by atoms with Crippen LogP contribution in [0.2, 0.25) is 0 Å². The minimum Gasteiger partial charge on any atom is -0.408 e. The molecule has 0 amide bonds. The third-order valence-corrected chi connectivity index (χ3v) is 3.13. The molecule has 0 atom stereocenters. The van der Waals surface area contributed by atoms with Gasteiger partial charge in [0.15, 0.2) is 0 Å². The third kappa shape index (κ3) is 2.95. The smallest absolute Gasteiger partial charge is 0.318 e. The first-order valence-corrected chi connectivity index (χ1v) is 6.25. The SMILES string of the molecule is NCCc1nnc(N(CCCO)C2CCC2)o1. The van der Waals surface area contributed by atoms with Crippen molar-refractivity contribution >= 4 is 6.01 Å². The molecule has 0 spiro atoms. The molecule has 6 heteroatoms. The van der Waals surface area contributed by atoms with E-state index in [-0.39, 0.29) is 6.61 Å². The van der Waals surface area contributed by atoms with Crippen LogP contribution in [0.5, 0.6) is 0 Å². The molecule has 1 aliphatic rings. The van der Waals surface area contributed by atoms with E-state index < -0.39 is 0 Å². The van der Waals surface area contributed by atoms with E-state index in [1.807, 2.05) is 0 Å². The number of aromatic nitrogens is 2. The van der Waals surface area contributed by atoms with Crippen LogP contribution < -0.4 is 10.6 Å². The minimum absolute atomic E-state index is 0.188. The molecule has 0 aliphatic heterocycles. The van der Waals surface area contributed by atoms with Crippen molar-refractivity contribution in [3.05, 3.63) is 5.89 Å². The van der Waals surface area contributed by atoms with E-state index in [0.29, 0.717) is 30.9 Å². The predicted octanol–water partition coefficient (Wildman–Crippen LogP) is 0.312. The highest BCUT2D eigenvalue weighted by Gasteiger charge is 2.28. The van der Waals surface area contributed by atoms with E-state index in [1.165, 1.54) is 19.3 Å². The predicted molar refractivity (Wildman–Crippen MR) is 63.7 cm³/mol. The summed E-state index contributed by atoms with van der Waals surface area (Å²) in [5, 5.41) is 17.0. The molecule has 1 heterocycles. The minimum atomic E-state index is 0.188. The zero-order valence-corrected chi connectivity index (χ0v) is 10.0. The highest BCUT2D eigenvalue weighted by molar-refractivity contribution is 5.27. The standard InChI is InChI=1S/C11H20N4O2/c12-6-5-10-13-14-11(17-10)15(7-2-8-16)9-3-1-4-9/h9,16H,1-8,12H2. The van der Waals surface area contributed by atoms with Crippen molar-refractivity contribution in [1.82, 2.24) is 10.2 Å². The number of hydrogen-bond acceptors (Lipinski definition) is 6. The van der Waals surface area contributed by atoms with Crippen LogP contribution in [0, 0.1) is 0 Å². The zero-order valence-electron chi connectivity index (χ0n) is 10.0. The van der Waals surface area contributed by atoms with Crippen molar-refractivity contribution in [2.75, 3.05) is 24.6 Å². The quantitative estimate of drug-likeness (QED) is 0.713. The summed E-state index contributed by atoms with van der Waals surface area (Å²) in [6.45, 7) is 1.47. The summed E-state index contributed by atoms with van der Waals surface area (Å²) in [6, 6.07) is 1.07. The largest absolute Gasteiger partial charge is 0.408 e. The number of nitrogens with two attached hydrogens (primary N) is 1. The van der Waals surface area contributed by atoms with E-state index >= 15 is 0 Å². The lowest BCUT2D eigenvalue weighted by Gasteiger charge is -2.36. The molecule has 1 aromatic heterocycles. The summed E-state index contributed by atoms with van der Waals surface area (Å²) in [5.41, 5.74) is 5.45. The van der Waals surface area contributed by atoms with E-state index in [2.05, 4.69) is 15.1 Å². The van der Waals surface area contributed by atoms with Crippen molar-refractivity contribution in [2.24, 2.45) is 5.73 Å². The van der Waals surface area contributed by atoms with Gasteiger partial charge in [0.2, 0.25) is 5.89 Å². The van der Waals surface area contributed by atoms with E-state index in [1.54, 1.807) is 0 Å². The van der Waals surface area contributed by atoms with Gasteiger partial charge in [-0.1, -0.05) is 5.10 Å². The Morgan fingerprint density at radius 3 is 2.82 bits per heavy atom. The molecule has 0 saturated heterocycles. The van der Waals surface area contributed by atoms with Gasteiger partial charge in [-0.25, -0.2) is 0 Å². The van der Waals surface area contributed by atoms with Gasteiger partial charge in [-0.15, -0.1) is 5.10 Å². The fourth-order valence-corrected chi connectivity index (χ4v) is 1.96. The van der Waals surface area contributed by atoms with Crippen LogP contribution in [-0.2, 0) is 6.42 Å². The fraction of sp³-hybridized carbons (Fsp3) is 0.818. The number of aliphatic hydroxyl groups is 1. The van der Waals surface area contributed by atoms with Crippen LogP contribution in [0.4, 0.5) is 6.01 Å². The molecule has 0 radical (unpaired) electrons. The Kier molecular flexibility index (Phi) is 4.33. The molecule has 6 nitrogen and oxygen atoms in total. The highest BCUT2D eigenvalue weighted by atomic mass is 16.4. The second kappa shape index (κ2) is 5.97. The summed E-state index contributed by atoms with van der Waals surface area (Å²) in [5.74, 6) is 0.593. The highest BCUT2D eigenvalue weighted by Crippen LogP contribution is 2.28. The summed E-state index contributed by atoms with van der Waals surface area (Å²) in [4.78, 5) is 2.12. The monoisotopic (exact) mass is 240 g/mol. The van der Waals surface area contributed by atoms with Gasteiger partial charge in [-0.2, -0.15) is 0 Å². The van der Waals surface area contributed by atoms with Gasteiger partial charge < -0.3 is 20.2 Å². The van der Waals surface area contributed by atoms with Gasteiger partial charge in [0.05, 0.1) is 0 Å². The Morgan fingerprint density at radius 1 is 1.41 bits per heavy atom. The van der Waals surface area contributed by atoms with Gasteiger partial charge >= 0.3 is 6.01 Å². The number of hydrogen-bond donors (Lipinski definition) is 2. The van der Waals surface area contributed by atoms with Crippen molar-refractivity contribution in [3.63, 3.8) is 0 Å². The fourth-order valence-electron chi connectivity index (χ4n) is 1.96. The average Bonchev–Trinajstić information content (AvgIpc) is 2.70. The maximum atomic E-state index is 8.91. The van der Waals surface area contributed by atoms with E-state index in [0.717, 1.165) is 13.0 Å². The molecule has 0 bridgehead atoms. The van der Waals surface area contributed by atoms with Crippen LogP contribution in [0.25, 0.3) is 0 Å². The molecular formula is C11H20N4O2. The van der Waals surface area contributed by atoms with Crippen LogP contribution >= 0.6 is 0 Å². The Bertz CT molecular complexity index is 338.